The van der Waals surface area contributed by atoms with Gasteiger partial charge in [-0.3, -0.25) is 9.59 Å². The number of ether oxygens (including phenoxy) is 1. The predicted molar refractivity (Wildman–Crippen MR) is 57.7 cm³/mol. The van der Waals surface area contributed by atoms with Crippen LogP contribution in [0, 0.1) is 5.92 Å². The maximum atomic E-state index is 12.1. The van der Waals surface area contributed by atoms with Crippen LogP contribution in [0.4, 0.5) is 0 Å². The molecular formula is C11H18N2O3. The Balaban J connectivity index is 1.94. The Morgan fingerprint density at radius 3 is 3.06 bits per heavy atom. The molecule has 0 aromatic heterocycles. The molecule has 0 aliphatic carbocycles. The SMILES string of the molecule is CC1CN(C(=O)C2CNC(=O)C2)CCCO1. The van der Waals surface area contributed by atoms with E-state index in [9.17, 15) is 9.59 Å². The van der Waals surface area contributed by atoms with E-state index in [1.807, 2.05) is 11.8 Å². The summed E-state index contributed by atoms with van der Waals surface area (Å²) in [6.07, 6.45) is 1.31. The van der Waals surface area contributed by atoms with Gasteiger partial charge in [-0.2, -0.15) is 0 Å². The molecule has 16 heavy (non-hydrogen) atoms. The van der Waals surface area contributed by atoms with Crippen molar-refractivity contribution in [3.8, 4) is 0 Å². The molecule has 0 saturated carbocycles. The molecule has 1 N–H and O–H groups in total. The molecule has 2 heterocycles. The van der Waals surface area contributed by atoms with Crippen LogP contribution in [0.25, 0.3) is 0 Å². The Labute approximate surface area is 95.1 Å². The van der Waals surface area contributed by atoms with Gasteiger partial charge in [-0.1, -0.05) is 0 Å². The number of carbonyl (C=O) groups excluding carboxylic acids is 2. The van der Waals surface area contributed by atoms with Gasteiger partial charge in [0.2, 0.25) is 11.8 Å². The third kappa shape index (κ3) is 2.52. The molecule has 2 saturated heterocycles. The minimum Gasteiger partial charge on any atom is -0.377 e. The van der Waals surface area contributed by atoms with Crippen LogP contribution in [0.3, 0.4) is 0 Å². The van der Waals surface area contributed by atoms with Gasteiger partial charge in [0.1, 0.15) is 0 Å². The van der Waals surface area contributed by atoms with Crippen LogP contribution < -0.4 is 5.32 Å². The van der Waals surface area contributed by atoms with E-state index >= 15 is 0 Å². The third-order valence-corrected chi connectivity index (χ3v) is 3.09. The zero-order chi connectivity index (χ0) is 11.5. The number of amides is 2. The molecule has 2 fully saturated rings. The molecule has 0 aromatic carbocycles. The van der Waals surface area contributed by atoms with Crippen LogP contribution >= 0.6 is 0 Å². The number of nitrogens with one attached hydrogen (secondary N) is 1. The van der Waals surface area contributed by atoms with Crippen molar-refractivity contribution in [2.75, 3.05) is 26.2 Å². The second kappa shape index (κ2) is 4.82. The van der Waals surface area contributed by atoms with Crippen LogP contribution in [-0.2, 0) is 14.3 Å². The first kappa shape index (κ1) is 11.4. The monoisotopic (exact) mass is 226 g/mol. The highest BCUT2D eigenvalue weighted by Gasteiger charge is 2.32. The van der Waals surface area contributed by atoms with Crippen molar-refractivity contribution in [1.82, 2.24) is 10.2 Å². The van der Waals surface area contributed by atoms with Gasteiger partial charge in [-0.05, 0) is 13.3 Å². The molecule has 2 unspecified atom stereocenters. The maximum absolute atomic E-state index is 12.1. The van der Waals surface area contributed by atoms with E-state index in [2.05, 4.69) is 5.32 Å². The highest BCUT2D eigenvalue weighted by molar-refractivity contribution is 5.89. The van der Waals surface area contributed by atoms with E-state index < -0.39 is 0 Å². The Bertz CT molecular complexity index is 293. The summed E-state index contributed by atoms with van der Waals surface area (Å²) in [5.74, 6) is -0.0917. The van der Waals surface area contributed by atoms with Crippen LogP contribution in [0.2, 0.25) is 0 Å². The standard InChI is InChI=1S/C11H18N2O3/c1-8-7-13(3-2-4-16-8)11(15)9-5-10(14)12-6-9/h8-9H,2-7H2,1H3,(H,12,14). The lowest BCUT2D eigenvalue weighted by Gasteiger charge is -2.24. The summed E-state index contributed by atoms with van der Waals surface area (Å²) < 4.78 is 5.49. The van der Waals surface area contributed by atoms with Gasteiger partial charge >= 0.3 is 0 Å². The van der Waals surface area contributed by atoms with Crippen molar-refractivity contribution in [2.45, 2.75) is 25.9 Å². The lowest BCUT2D eigenvalue weighted by atomic mass is 10.1. The second-order valence-electron chi connectivity index (χ2n) is 4.52. The predicted octanol–water partition coefficient (Wildman–Crippen LogP) is -0.240. The number of rotatable bonds is 1. The van der Waals surface area contributed by atoms with Gasteiger partial charge in [-0.15, -0.1) is 0 Å². The van der Waals surface area contributed by atoms with Crippen molar-refractivity contribution < 1.29 is 14.3 Å². The smallest absolute Gasteiger partial charge is 0.228 e. The highest BCUT2D eigenvalue weighted by atomic mass is 16.5. The van der Waals surface area contributed by atoms with Crippen molar-refractivity contribution in [2.24, 2.45) is 5.92 Å². The summed E-state index contributed by atoms with van der Waals surface area (Å²) in [6.45, 7) is 4.57. The Kier molecular flexibility index (Phi) is 3.43. The first-order valence-electron chi connectivity index (χ1n) is 5.84. The molecule has 2 amide bonds. The van der Waals surface area contributed by atoms with Gasteiger partial charge in [-0.25, -0.2) is 0 Å². The van der Waals surface area contributed by atoms with Crippen LogP contribution in [-0.4, -0.2) is 49.1 Å². The second-order valence-corrected chi connectivity index (χ2v) is 4.52. The van der Waals surface area contributed by atoms with E-state index in [4.69, 9.17) is 4.74 Å². The van der Waals surface area contributed by atoms with Gasteiger partial charge < -0.3 is 15.0 Å². The lowest BCUT2D eigenvalue weighted by molar-refractivity contribution is -0.136. The fourth-order valence-electron chi connectivity index (χ4n) is 2.23. The van der Waals surface area contributed by atoms with Gasteiger partial charge in [0.25, 0.3) is 0 Å². The zero-order valence-electron chi connectivity index (χ0n) is 9.57. The Morgan fingerprint density at radius 1 is 1.56 bits per heavy atom. The molecule has 0 bridgehead atoms. The summed E-state index contributed by atoms with van der Waals surface area (Å²) in [4.78, 5) is 25.0. The molecule has 2 rings (SSSR count). The van der Waals surface area contributed by atoms with Gasteiger partial charge in [0.05, 0.1) is 12.0 Å². The molecule has 0 radical (unpaired) electrons. The van der Waals surface area contributed by atoms with Crippen molar-refractivity contribution in [1.29, 1.82) is 0 Å². The highest BCUT2D eigenvalue weighted by Crippen LogP contribution is 2.15. The normalized spacial score (nSPS) is 31.1. The summed E-state index contributed by atoms with van der Waals surface area (Å²) in [7, 11) is 0. The quantitative estimate of drug-likeness (QED) is 0.671. The van der Waals surface area contributed by atoms with Crippen LogP contribution in [0.5, 0.6) is 0 Å². The largest absolute Gasteiger partial charge is 0.377 e. The van der Waals surface area contributed by atoms with Crippen molar-refractivity contribution in [3.05, 3.63) is 0 Å². The first-order chi connectivity index (χ1) is 7.66. The summed E-state index contributed by atoms with van der Waals surface area (Å²) in [5, 5.41) is 2.70. The fourth-order valence-corrected chi connectivity index (χ4v) is 2.23. The number of carbonyl (C=O) groups is 2. The molecule has 5 heteroatoms. The molecule has 90 valence electrons. The average Bonchev–Trinajstić information content (AvgIpc) is 2.56. The zero-order valence-corrected chi connectivity index (χ0v) is 9.57. The molecule has 0 spiro atoms. The lowest BCUT2D eigenvalue weighted by Crippen LogP contribution is -2.40. The third-order valence-electron chi connectivity index (χ3n) is 3.09. The maximum Gasteiger partial charge on any atom is 0.228 e. The fraction of sp³-hybridized carbons (Fsp3) is 0.818. The van der Waals surface area contributed by atoms with Crippen molar-refractivity contribution >= 4 is 11.8 Å². The van der Waals surface area contributed by atoms with Crippen LogP contribution in [0.15, 0.2) is 0 Å². The van der Waals surface area contributed by atoms with E-state index in [0.717, 1.165) is 13.0 Å². The molecule has 5 nitrogen and oxygen atoms in total. The minimum atomic E-state index is -0.169. The van der Waals surface area contributed by atoms with E-state index in [0.29, 0.717) is 26.1 Å². The topological polar surface area (TPSA) is 58.6 Å². The van der Waals surface area contributed by atoms with Gasteiger partial charge in [0, 0.05) is 32.7 Å². The van der Waals surface area contributed by atoms with Crippen molar-refractivity contribution in [3.63, 3.8) is 0 Å². The van der Waals surface area contributed by atoms with Gasteiger partial charge in [0.15, 0.2) is 0 Å². The molecule has 2 atom stereocenters. The molecule has 2 aliphatic rings. The number of hydrogen-bond acceptors (Lipinski definition) is 3. The summed E-state index contributed by atoms with van der Waals surface area (Å²) >= 11 is 0. The first-order valence-corrected chi connectivity index (χ1v) is 5.84. The Hall–Kier alpha value is -1.10. The van der Waals surface area contributed by atoms with E-state index in [1.165, 1.54) is 0 Å². The average molecular weight is 226 g/mol. The number of nitrogens with zero attached hydrogens (tertiary/aromatic N) is 1. The Morgan fingerprint density at radius 2 is 2.38 bits per heavy atom. The summed E-state index contributed by atoms with van der Waals surface area (Å²) in [6, 6.07) is 0. The number of hydrogen-bond donors (Lipinski definition) is 1. The van der Waals surface area contributed by atoms with Crippen LogP contribution in [0.1, 0.15) is 19.8 Å². The molecule has 0 aromatic rings. The minimum absolute atomic E-state index is 0.0162. The molecular weight excluding hydrogens is 208 g/mol. The summed E-state index contributed by atoms with van der Waals surface area (Å²) in [5.41, 5.74) is 0. The molecule has 2 aliphatic heterocycles. The van der Waals surface area contributed by atoms with E-state index in [1.54, 1.807) is 0 Å². The van der Waals surface area contributed by atoms with E-state index in [-0.39, 0.29) is 23.8 Å².